The highest BCUT2D eigenvalue weighted by Crippen LogP contribution is 2.17. The van der Waals surface area contributed by atoms with Gasteiger partial charge in [-0.15, -0.1) is 0 Å². The molecule has 0 saturated heterocycles. The van der Waals surface area contributed by atoms with Gasteiger partial charge in [0.2, 0.25) is 6.10 Å². The van der Waals surface area contributed by atoms with Gasteiger partial charge < -0.3 is 15.3 Å². The molecule has 0 aliphatic carbocycles. The van der Waals surface area contributed by atoms with Gasteiger partial charge in [-0.3, -0.25) is 4.79 Å². The van der Waals surface area contributed by atoms with E-state index in [1.54, 1.807) is 0 Å². The summed E-state index contributed by atoms with van der Waals surface area (Å²) >= 11 is 0. The molecule has 2 rings (SSSR count). The van der Waals surface area contributed by atoms with Crippen molar-refractivity contribution in [1.29, 1.82) is 0 Å². The van der Waals surface area contributed by atoms with E-state index in [4.69, 9.17) is 9.94 Å². The van der Waals surface area contributed by atoms with Gasteiger partial charge in [-0.25, -0.2) is 4.79 Å². The van der Waals surface area contributed by atoms with Crippen LogP contribution in [0.15, 0.2) is 35.5 Å². The summed E-state index contributed by atoms with van der Waals surface area (Å²) in [6.45, 7) is 1.87. The molecule has 1 amide bonds. The SMILES string of the molecule is CCCC(NC(=O)C1CC(c2ccccc2)=NO1)C(=O)O. The molecule has 1 aromatic rings. The molecule has 112 valence electrons. The van der Waals surface area contributed by atoms with E-state index in [9.17, 15) is 9.59 Å². The fourth-order valence-corrected chi connectivity index (χ4v) is 2.13. The third-order valence-corrected chi connectivity index (χ3v) is 3.26. The van der Waals surface area contributed by atoms with Gasteiger partial charge in [-0.1, -0.05) is 48.8 Å². The first-order valence-corrected chi connectivity index (χ1v) is 6.93. The van der Waals surface area contributed by atoms with Gasteiger partial charge in [0.05, 0.1) is 5.71 Å². The van der Waals surface area contributed by atoms with Crippen LogP contribution in [0.5, 0.6) is 0 Å². The van der Waals surface area contributed by atoms with Crippen molar-refractivity contribution in [3.8, 4) is 0 Å². The number of carbonyl (C=O) groups is 2. The van der Waals surface area contributed by atoms with Crippen molar-refractivity contribution in [3.05, 3.63) is 35.9 Å². The van der Waals surface area contributed by atoms with Gasteiger partial charge >= 0.3 is 5.97 Å². The van der Waals surface area contributed by atoms with Gasteiger partial charge in [-0.05, 0) is 12.0 Å². The van der Waals surface area contributed by atoms with E-state index in [2.05, 4.69) is 10.5 Å². The first kappa shape index (κ1) is 15.0. The van der Waals surface area contributed by atoms with Crippen molar-refractivity contribution in [2.24, 2.45) is 5.16 Å². The van der Waals surface area contributed by atoms with Gasteiger partial charge in [-0.2, -0.15) is 0 Å². The number of hydrogen-bond donors (Lipinski definition) is 2. The van der Waals surface area contributed by atoms with Crippen LogP contribution in [0.1, 0.15) is 31.7 Å². The molecule has 0 saturated carbocycles. The van der Waals surface area contributed by atoms with Crippen molar-refractivity contribution in [2.75, 3.05) is 0 Å². The molecule has 6 nitrogen and oxygen atoms in total. The smallest absolute Gasteiger partial charge is 0.326 e. The molecule has 0 spiro atoms. The summed E-state index contributed by atoms with van der Waals surface area (Å²) in [7, 11) is 0. The van der Waals surface area contributed by atoms with E-state index in [0.717, 1.165) is 5.56 Å². The maximum Gasteiger partial charge on any atom is 0.326 e. The van der Waals surface area contributed by atoms with E-state index in [-0.39, 0.29) is 0 Å². The Morgan fingerprint density at radius 3 is 2.76 bits per heavy atom. The second kappa shape index (κ2) is 6.88. The fourth-order valence-electron chi connectivity index (χ4n) is 2.13. The molecule has 2 atom stereocenters. The van der Waals surface area contributed by atoms with Gasteiger partial charge in [0.1, 0.15) is 6.04 Å². The Morgan fingerprint density at radius 1 is 1.43 bits per heavy atom. The standard InChI is InChI=1S/C15H18N2O4/c1-2-6-11(15(19)20)16-14(18)13-9-12(17-21-13)10-7-4-3-5-8-10/h3-5,7-8,11,13H,2,6,9H2,1H3,(H,16,18)(H,19,20). The molecule has 2 unspecified atom stereocenters. The maximum atomic E-state index is 12.0. The molecule has 1 aromatic carbocycles. The highest BCUT2D eigenvalue weighted by atomic mass is 16.6. The molecule has 2 N–H and O–H groups in total. The van der Waals surface area contributed by atoms with E-state index < -0.39 is 24.0 Å². The summed E-state index contributed by atoms with van der Waals surface area (Å²) in [5.74, 6) is -1.47. The summed E-state index contributed by atoms with van der Waals surface area (Å²) in [5, 5.41) is 15.5. The predicted molar refractivity (Wildman–Crippen MR) is 76.9 cm³/mol. The molecule has 0 fully saturated rings. The number of nitrogens with zero attached hydrogens (tertiary/aromatic N) is 1. The minimum Gasteiger partial charge on any atom is -0.480 e. The highest BCUT2D eigenvalue weighted by molar-refractivity contribution is 6.04. The Hall–Kier alpha value is -2.37. The lowest BCUT2D eigenvalue weighted by Gasteiger charge is -2.15. The number of nitrogens with one attached hydrogen (secondary N) is 1. The monoisotopic (exact) mass is 290 g/mol. The Balaban J connectivity index is 1.93. The Labute approximate surface area is 122 Å². The predicted octanol–water partition coefficient (Wildman–Crippen LogP) is 1.55. The molecule has 1 aliphatic rings. The van der Waals surface area contributed by atoms with E-state index in [1.165, 1.54) is 0 Å². The maximum absolute atomic E-state index is 12.0. The second-order valence-electron chi connectivity index (χ2n) is 4.89. The number of oxime groups is 1. The third-order valence-electron chi connectivity index (χ3n) is 3.26. The van der Waals surface area contributed by atoms with Crippen molar-refractivity contribution >= 4 is 17.6 Å². The molecular formula is C15H18N2O4. The number of benzene rings is 1. The Bertz CT molecular complexity index is 542. The van der Waals surface area contributed by atoms with Crippen LogP contribution in [-0.2, 0) is 14.4 Å². The minimum atomic E-state index is -1.03. The number of carboxylic acid groups (broad SMARTS) is 1. The zero-order valence-electron chi connectivity index (χ0n) is 11.8. The van der Waals surface area contributed by atoms with E-state index >= 15 is 0 Å². The number of rotatable bonds is 6. The molecular weight excluding hydrogens is 272 g/mol. The van der Waals surface area contributed by atoms with Crippen LogP contribution >= 0.6 is 0 Å². The highest BCUT2D eigenvalue weighted by Gasteiger charge is 2.31. The second-order valence-corrected chi connectivity index (χ2v) is 4.89. The summed E-state index contributed by atoms with van der Waals surface area (Å²) < 4.78 is 0. The lowest BCUT2D eigenvalue weighted by atomic mass is 10.0. The molecule has 1 aliphatic heterocycles. The first-order valence-electron chi connectivity index (χ1n) is 6.93. The van der Waals surface area contributed by atoms with Gasteiger partial charge in [0, 0.05) is 6.42 Å². The number of carbonyl (C=O) groups excluding carboxylic acids is 1. The zero-order valence-corrected chi connectivity index (χ0v) is 11.8. The molecule has 0 bridgehead atoms. The normalized spacial score (nSPS) is 18.5. The van der Waals surface area contributed by atoms with Crippen molar-refractivity contribution in [1.82, 2.24) is 5.32 Å². The number of aliphatic carboxylic acids is 1. The molecule has 1 heterocycles. The van der Waals surface area contributed by atoms with Crippen LogP contribution < -0.4 is 5.32 Å². The molecule has 0 aromatic heterocycles. The number of hydrogen-bond acceptors (Lipinski definition) is 4. The average Bonchev–Trinajstić information content (AvgIpc) is 2.97. The van der Waals surface area contributed by atoms with Crippen molar-refractivity contribution < 1.29 is 19.5 Å². The Kier molecular flexibility index (Phi) is 4.92. The van der Waals surface area contributed by atoms with Crippen LogP contribution in [-0.4, -0.2) is 34.8 Å². The summed E-state index contributed by atoms with van der Waals surface area (Å²) in [4.78, 5) is 28.2. The van der Waals surface area contributed by atoms with E-state index in [0.29, 0.717) is 25.0 Å². The quantitative estimate of drug-likeness (QED) is 0.832. The van der Waals surface area contributed by atoms with Crippen molar-refractivity contribution in [3.63, 3.8) is 0 Å². The average molecular weight is 290 g/mol. The van der Waals surface area contributed by atoms with Crippen LogP contribution in [0.3, 0.4) is 0 Å². The Morgan fingerprint density at radius 2 is 2.14 bits per heavy atom. The minimum absolute atomic E-state index is 0.342. The largest absolute Gasteiger partial charge is 0.480 e. The topological polar surface area (TPSA) is 88.0 Å². The fraction of sp³-hybridized carbons (Fsp3) is 0.400. The van der Waals surface area contributed by atoms with Crippen LogP contribution in [0.25, 0.3) is 0 Å². The summed E-state index contributed by atoms with van der Waals surface area (Å²) in [6, 6.07) is 8.55. The first-order chi connectivity index (χ1) is 10.1. The van der Waals surface area contributed by atoms with Gasteiger partial charge in [0.15, 0.2) is 0 Å². The lowest BCUT2D eigenvalue weighted by molar-refractivity contribution is -0.144. The molecule has 21 heavy (non-hydrogen) atoms. The van der Waals surface area contributed by atoms with E-state index in [1.807, 2.05) is 37.3 Å². The lowest BCUT2D eigenvalue weighted by Crippen LogP contribution is -2.45. The summed E-state index contributed by atoms with van der Waals surface area (Å²) in [6.07, 6.45) is 0.641. The van der Waals surface area contributed by atoms with Crippen LogP contribution in [0.4, 0.5) is 0 Å². The number of carboxylic acids is 1. The van der Waals surface area contributed by atoms with Gasteiger partial charge in [0.25, 0.3) is 5.91 Å². The van der Waals surface area contributed by atoms with Crippen LogP contribution in [0, 0.1) is 0 Å². The molecule has 6 heteroatoms. The number of amides is 1. The third kappa shape index (κ3) is 3.81. The zero-order chi connectivity index (χ0) is 15.2. The van der Waals surface area contributed by atoms with Crippen molar-refractivity contribution in [2.45, 2.75) is 38.3 Å². The summed E-state index contributed by atoms with van der Waals surface area (Å²) in [5.41, 5.74) is 1.59. The molecule has 0 radical (unpaired) electrons. The van der Waals surface area contributed by atoms with Crippen LogP contribution in [0.2, 0.25) is 0 Å².